The Morgan fingerprint density at radius 2 is 2.09 bits per heavy atom. The van der Waals surface area contributed by atoms with E-state index in [4.69, 9.17) is 20.9 Å². The van der Waals surface area contributed by atoms with Crippen molar-refractivity contribution >= 4 is 28.1 Å². The van der Waals surface area contributed by atoms with Gasteiger partial charge in [-0.2, -0.15) is 5.10 Å². The molecule has 1 aromatic rings. The number of ether oxygens (including phenoxy) is 2. The monoisotopic (exact) mass is 368 g/mol. The summed E-state index contributed by atoms with van der Waals surface area (Å²) in [5.74, 6) is 1.35. The van der Waals surface area contributed by atoms with E-state index in [0.29, 0.717) is 12.4 Å². The van der Waals surface area contributed by atoms with Gasteiger partial charge in [0.15, 0.2) is 11.5 Å². The molecule has 1 fully saturated rings. The van der Waals surface area contributed by atoms with Crippen LogP contribution in [-0.4, -0.2) is 24.9 Å². The third-order valence-electron chi connectivity index (χ3n) is 3.30. The van der Waals surface area contributed by atoms with Crippen molar-refractivity contribution in [2.75, 3.05) is 6.61 Å². The van der Waals surface area contributed by atoms with Crippen molar-refractivity contribution in [1.82, 2.24) is 0 Å². The summed E-state index contributed by atoms with van der Waals surface area (Å²) < 4.78 is 12.6. The van der Waals surface area contributed by atoms with Crippen LogP contribution in [0.3, 0.4) is 0 Å². The van der Waals surface area contributed by atoms with E-state index in [1.807, 2.05) is 19.1 Å². The fourth-order valence-electron chi connectivity index (χ4n) is 2.37. The van der Waals surface area contributed by atoms with Gasteiger partial charge in [-0.15, -0.1) is 5.10 Å². The number of guanidine groups is 1. The highest BCUT2D eigenvalue weighted by Gasteiger charge is 2.20. The molecule has 0 aromatic heterocycles. The average molecular weight is 369 g/mol. The number of rotatable bonds is 6. The van der Waals surface area contributed by atoms with Crippen molar-refractivity contribution in [2.45, 2.75) is 38.7 Å². The Morgan fingerprint density at radius 3 is 2.73 bits per heavy atom. The van der Waals surface area contributed by atoms with E-state index < -0.39 is 0 Å². The summed E-state index contributed by atoms with van der Waals surface area (Å²) in [6.07, 6.45) is 6.44. The predicted octanol–water partition coefficient (Wildman–Crippen LogP) is 2.78. The molecule has 0 atom stereocenters. The number of nitrogens with zero attached hydrogens (tertiary/aromatic N) is 2. The lowest BCUT2D eigenvalue weighted by Gasteiger charge is -2.18. The van der Waals surface area contributed by atoms with Gasteiger partial charge in [-0.25, -0.2) is 0 Å². The van der Waals surface area contributed by atoms with Gasteiger partial charge in [-0.3, -0.25) is 0 Å². The highest BCUT2D eigenvalue weighted by molar-refractivity contribution is 9.10. The van der Waals surface area contributed by atoms with Gasteiger partial charge in [-0.05, 0) is 66.2 Å². The second-order valence-electron chi connectivity index (χ2n) is 5.06. The van der Waals surface area contributed by atoms with Gasteiger partial charge in [0.2, 0.25) is 5.96 Å². The lowest BCUT2D eigenvalue weighted by molar-refractivity contribution is 0.195. The molecule has 1 aromatic carbocycles. The Bertz CT molecular complexity index is 565. The molecular weight excluding hydrogens is 348 g/mol. The number of nitrogens with two attached hydrogens (primary N) is 2. The molecule has 0 spiro atoms. The van der Waals surface area contributed by atoms with Crippen molar-refractivity contribution < 1.29 is 9.47 Å². The second-order valence-corrected chi connectivity index (χ2v) is 5.91. The van der Waals surface area contributed by atoms with Gasteiger partial charge in [-0.1, -0.05) is 0 Å². The fourth-order valence-corrected chi connectivity index (χ4v) is 2.93. The van der Waals surface area contributed by atoms with E-state index >= 15 is 0 Å². The van der Waals surface area contributed by atoms with Crippen LogP contribution in [0.25, 0.3) is 0 Å². The van der Waals surface area contributed by atoms with Crippen molar-refractivity contribution in [3.8, 4) is 11.5 Å². The molecule has 1 aliphatic rings. The molecule has 0 saturated heterocycles. The summed E-state index contributed by atoms with van der Waals surface area (Å²) in [7, 11) is 0. The van der Waals surface area contributed by atoms with E-state index in [1.54, 1.807) is 6.21 Å². The maximum atomic E-state index is 6.10. The molecule has 6 nitrogen and oxygen atoms in total. The third kappa shape index (κ3) is 4.62. The first-order chi connectivity index (χ1) is 10.6. The summed E-state index contributed by atoms with van der Waals surface area (Å²) in [5.41, 5.74) is 11.3. The van der Waals surface area contributed by atoms with Crippen LogP contribution < -0.4 is 20.9 Å². The lowest BCUT2D eigenvalue weighted by Crippen LogP contribution is -2.21. The van der Waals surface area contributed by atoms with Crippen LogP contribution in [0.1, 0.15) is 38.2 Å². The number of hydrogen-bond donors (Lipinski definition) is 2. The summed E-state index contributed by atoms with van der Waals surface area (Å²) in [6.45, 7) is 2.50. The quantitative estimate of drug-likeness (QED) is 0.458. The van der Waals surface area contributed by atoms with Crippen molar-refractivity contribution in [2.24, 2.45) is 21.7 Å². The molecule has 4 N–H and O–H groups in total. The SMILES string of the molecule is CCOc1cc(C=NN=C(N)N)cc(Br)c1OC1CCCC1. The average Bonchev–Trinajstić information content (AvgIpc) is 2.95. The number of halogens is 1. The zero-order valence-electron chi connectivity index (χ0n) is 12.6. The van der Waals surface area contributed by atoms with Gasteiger partial charge in [0.25, 0.3) is 0 Å². The summed E-state index contributed by atoms with van der Waals surface area (Å²) in [5, 5.41) is 7.40. The maximum absolute atomic E-state index is 6.10. The van der Waals surface area contributed by atoms with Gasteiger partial charge in [0.1, 0.15) is 0 Å². The predicted molar refractivity (Wildman–Crippen MR) is 91.6 cm³/mol. The Morgan fingerprint density at radius 1 is 1.36 bits per heavy atom. The molecule has 0 amide bonds. The number of hydrogen-bond acceptors (Lipinski definition) is 4. The zero-order valence-corrected chi connectivity index (χ0v) is 14.2. The fraction of sp³-hybridized carbons (Fsp3) is 0.467. The minimum Gasteiger partial charge on any atom is -0.490 e. The van der Waals surface area contributed by atoms with E-state index in [0.717, 1.165) is 28.6 Å². The normalized spacial score (nSPS) is 15.2. The molecule has 0 bridgehead atoms. The van der Waals surface area contributed by atoms with E-state index in [1.165, 1.54) is 12.8 Å². The van der Waals surface area contributed by atoms with E-state index in [-0.39, 0.29) is 12.1 Å². The number of benzene rings is 1. The van der Waals surface area contributed by atoms with E-state index in [2.05, 4.69) is 26.1 Å². The van der Waals surface area contributed by atoms with Gasteiger partial charge in [0, 0.05) is 0 Å². The largest absolute Gasteiger partial charge is 0.490 e. The van der Waals surface area contributed by atoms with Crippen molar-refractivity contribution in [3.05, 3.63) is 22.2 Å². The minimum absolute atomic E-state index is 0.0819. The van der Waals surface area contributed by atoms with Gasteiger partial charge >= 0.3 is 0 Å². The molecule has 1 aliphatic carbocycles. The molecular formula is C15H21BrN4O2. The first kappa shape index (κ1) is 16.6. The van der Waals surface area contributed by atoms with Crippen LogP contribution >= 0.6 is 15.9 Å². The van der Waals surface area contributed by atoms with E-state index in [9.17, 15) is 0 Å². The van der Waals surface area contributed by atoms with Gasteiger partial charge in [0.05, 0.1) is 23.4 Å². The standard InChI is InChI=1S/C15H21BrN4O2/c1-2-21-13-8-10(9-19-20-15(17)18)7-12(16)14(13)22-11-5-3-4-6-11/h7-9,11H,2-6H2,1H3,(H4,17,18,20). The molecule has 7 heteroatoms. The Balaban J connectivity index is 2.24. The molecule has 120 valence electrons. The van der Waals surface area contributed by atoms with Crippen LogP contribution in [0.2, 0.25) is 0 Å². The highest BCUT2D eigenvalue weighted by Crippen LogP contribution is 2.39. The first-order valence-electron chi connectivity index (χ1n) is 7.35. The van der Waals surface area contributed by atoms with Crippen molar-refractivity contribution in [1.29, 1.82) is 0 Å². The minimum atomic E-state index is -0.0819. The highest BCUT2D eigenvalue weighted by atomic mass is 79.9. The smallest absolute Gasteiger partial charge is 0.211 e. The van der Waals surface area contributed by atoms with Crippen LogP contribution in [0.4, 0.5) is 0 Å². The molecule has 0 radical (unpaired) electrons. The molecule has 22 heavy (non-hydrogen) atoms. The summed E-state index contributed by atoms with van der Waals surface area (Å²) >= 11 is 3.54. The Hall–Kier alpha value is -1.76. The topological polar surface area (TPSA) is 95.2 Å². The Labute approximate surface area is 138 Å². The third-order valence-corrected chi connectivity index (χ3v) is 3.89. The summed E-state index contributed by atoms with van der Waals surface area (Å²) in [4.78, 5) is 0. The molecule has 0 aliphatic heterocycles. The molecule has 0 heterocycles. The van der Waals surface area contributed by atoms with Crippen LogP contribution in [0, 0.1) is 0 Å². The maximum Gasteiger partial charge on any atom is 0.211 e. The van der Waals surface area contributed by atoms with Gasteiger partial charge < -0.3 is 20.9 Å². The second kappa shape index (κ2) is 8.03. The Kier molecular flexibility index (Phi) is 6.06. The van der Waals surface area contributed by atoms with Crippen LogP contribution in [0.15, 0.2) is 26.8 Å². The van der Waals surface area contributed by atoms with Crippen LogP contribution in [-0.2, 0) is 0 Å². The zero-order chi connectivity index (χ0) is 15.9. The molecule has 2 rings (SSSR count). The van der Waals surface area contributed by atoms with Crippen LogP contribution in [0.5, 0.6) is 11.5 Å². The molecule has 1 saturated carbocycles. The molecule has 0 unspecified atom stereocenters. The lowest BCUT2D eigenvalue weighted by atomic mass is 10.2. The van der Waals surface area contributed by atoms with Crippen molar-refractivity contribution in [3.63, 3.8) is 0 Å². The summed E-state index contributed by atoms with van der Waals surface area (Å²) in [6, 6.07) is 3.77. The first-order valence-corrected chi connectivity index (χ1v) is 8.14.